The molecule has 0 spiro atoms. The number of benzene rings is 1. The van der Waals surface area contributed by atoms with Gasteiger partial charge in [0.25, 0.3) is 0 Å². The number of carbonyl (C=O) groups excluding carboxylic acids is 3. The van der Waals surface area contributed by atoms with Gasteiger partial charge in [0.15, 0.2) is 0 Å². The fraction of sp³-hybridized carbons (Fsp3) is 0.364. The van der Waals surface area contributed by atoms with Crippen LogP contribution >= 0.6 is 27.3 Å². The average molecular weight is 522 g/mol. The predicted octanol–water partition coefficient (Wildman–Crippen LogP) is 3.91. The minimum Gasteiger partial charge on any atom is -0.496 e. The molecule has 8 nitrogen and oxygen atoms in total. The van der Waals surface area contributed by atoms with Crippen molar-refractivity contribution < 1.29 is 23.9 Å². The third-order valence-corrected chi connectivity index (χ3v) is 6.65. The van der Waals surface area contributed by atoms with E-state index in [1.165, 1.54) is 24.7 Å². The van der Waals surface area contributed by atoms with Crippen molar-refractivity contribution in [2.75, 3.05) is 19.0 Å². The molecule has 170 valence electrons. The topological polar surface area (TPSA) is 106 Å². The lowest BCUT2D eigenvalue weighted by molar-refractivity contribution is -0.136. The summed E-state index contributed by atoms with van der Waals surface area (Å²) in [4.78, 5) is 38.3. The van der Waals surface area contributed by atoms with Gasteiger partial charge in [0, 0.05) is 14.9 Å². The lowest BCUT2D eigenvalue weighted by Gasteiger charge is -2.18. The van der Waals surface area contributed by atoms with E-state index in [1.807, 2.05) is 6.07 Å². The Hall–Kier alpha value is -2.72. The van der Waals surface area contributed by atoms with Crippen LogP contribution < -0.4 is 15.5 Å². The molecule has 2 amide bonds. The highest BCUT2D eigenvalue weighted by Crippen LogP contribution is 2.40. The maximum absolute atomic E-state index is 12.5. The number of esters is 1. The van der Waals surface area contributed by atoms with E-state index in [1.54, 1.807) is 19.1 Å². The summed E-state index contributed by atoms with van der Waals surface area (Å²) in [5.41, 5.74) is 4.07. The fourth-order valence-electron chi connectivity index (χ4n) is 3.44. The smallest absolute Gasteiger partial charge is 0.341 e. The first kappa shape index (κ1) is 23.9. The van der Waals surface area contributed by atoms with Gasteiger partial charge < -0.3 is 14.8 Å². The van der Waals surface area contributed by atoms with Crippen LogP contribution in [0.5, 0.6) is 5.75 Å². The van der Waals surface area contributed by atoms with Crippen LogP contribution in [-0.4, -0.2) is 37.7 Å². The first-order valence-electron chi connectivity index (χ1n) is 10.1. The van der Waals surface area contributed by atoms with Crippen LogP contribution in [0.2, 0.25) is 0 Å². The van der Waals surface area contributed by atoms with E-state index in [9.17, 15) is 14.4 Å². The molecule has 1 aromatic carbocycles. The monoisotopic (exact) mass is 521 g/mol. The van der Waals surface area contributed by atoms with Gasteiger partial charge in [0.2, 0.25) is 0 Å². The van der Waals surface area contributed by atoms with Crippen molar-refractivity contribution in [1.29, 1.82) is 0 Å². The zero-order valence-corrected chi connectivity index (χ0v) is 20.4. The number of anilines is 1. The number of fused-ring (bicyclic) bond motifs is 1. The largest absolute Gasteiger partial charge is 0.496 e. The van der Waals surface area contributed by atoms with E-state index >= 15 is 0 Å². The fourth-order valence-corrected chi connectivity index (χ4v) is 5.21. The Labute approximate surface area is 198 Å². The van der Waals surface area contributed by atoms with Gasteiger partial charge in [-0.3, -0.25) is 9.59 Å². The number of nitrogens with zero attached hydrogens (tertiary/aromatic N) is 1. The molecule has 0 saturated carbocycles. The molecule has 1 atom stereocenters. The normalized spacial score (nSPS) is 15.2. The Bertz CT molecular complexity index is 1070. The Balaban J connectivity index is 1.73. The first-order chi connectivity index (χ1) is 15.3. The van der Waals surface area contributed by atoms with Gasteiger partial charge in [-0.2, -0.15) is 5.10 Å². The van der Waals surface area contributed by atoms with Crippen molar-refractivity contribution in [3.05, 3.63) is 44.2 Å². The summed E-state index contributed by atoms with van der Waals surface area (Å²) in [7, 11) is 1.52. The number of nitrogens with one attached hydrogen (secondary N) is 2. The zero-order valence-electron chi connectivity index (χ0n) is 18.0. The second-order valence-electron chi connectivity index (χ2n) is 7.32. The maximum atomic E-state index is 12.5. The second-order valence-corrected chi connectivity index (χ2v) is 9.34. The van der Waals surface area contributed by atoms with Crippen LogP contribution in [-0.2, 0) is 27.2 Å². The molecule has 1 aliphatic rings. The molecule has 0 saturated heterocycles. The van der Waals surface area contributed by atoms with E-state index in [-0.39, 0.29) is 6.61 Å². The van der Waals surface area contributed by atoms with Crippen molar-refractivity contribution in [3.8, 4) is 5.75 Å². The molecule has 32 heavy (non-hydrogen) atoms. The number of hydrogen-bond donors (Lipinski definition) is 2. The highest BCUT2D eigenvalue weighted by Gasteiger charge is 2.30. The van der Waals surface area contributed by atoms with Gasteiger partial charge in [-0.15, -0.1) is 11.3 Å². The number of carbonyl (C=O) groups is 3. The third-order valence-electron chi connectivity index (χ3n) is 4.99. The van der Waals surface area contributed by atoms with Crippen LogP contribution in [0.25, 0.3) is 0 Å². The van der Waals surface area contributed by atoms with Crippen molar-refractivity contribution in [3.63, 3.8) is 0 Å². The first-order valence-corrected chi connectivity index (χ1v) is 11.7. The average Bonchev–Trinajstić information content (AvgIpc) is 3.10. The quantitative estimate of drug-likeness (QED) is 0.259. The Kier molecular flexibility index (Phi) is 8.03. The molecule has 2 N–H and O–H groups in total. The minimum atomic E-state index is -0.954. The van der Waals surface area contributed by atoms with E-state index in [4.69, 9.17) is 9.47 Å². The van der Waals surface area contributed by atoms with Crippen LogP contribution in [0.3, 0.4) is 0 Å². The molecule has 0 radical (unpaired) electrons. The number of hydrogen-bond acceptors (Lipinski definition) is 7. The summed E-state index contributed by atoms with van der Waals surface area (Å²) in [6, 6.07) is 5.32. The minimum absolute atomic E-state index is 0.224. The Morgan fingerprint density at radius 1 is 1.31 bits per heavy atom. The summed E-state index contributed by atoms with van der Waals surface area (Å²) < 4.78 is 11.2. The van der Waals surface area contributed by atoms with Gasteiger partial charge >= 0.3 is 17.8 Å². The van der Waals surface area contributed by atoms with E-state index in [0.29, 0.717) is 27.8 Å². The maximum Gasteiger partial charge on any atom is 0.341 e. The number of ether oxygens (including phenoxy) is 2. The van der Waals surface area contributed by atoms with E-state index in [2.05, 4.69) is 38.7 Å². The third kappa shape index (κ3) is 5.55. The molecule has 0 fully saturated rings. The molecule has 10 heteroatoms. The SMILES string of the molecule is CCOC(=O)c1c(NC(=O)C(=O)N/N=C\c2cc(Br)ccc2OC)sc2c1CC[C@H](C)C2. The molecule has 1 heterocycles. The number of amides is 2. The van der Waals surface area contributed by atoms with Crippen LogP contribution in [0.1, 0.15) is 46.6 Å². The number of methoxy groups -OCH3 is 1. The molecule has 0 aliphatic heterocycles. The predicted molar refractivity (Wildman–Crippen MR) is 127 cm³/mol. The standard InChI is InChI=1S/C22H24BrN3O5S/c1-4-31-22(29)18-15-7-5-12(2)9-17(15)32-21(18)25-19(27)20(28)26-24-11-13-10-14(23)6-8-16(13)30-3/h6,8,10-12H,4-5,7,9H2,1-3H3,(H,25,27)(H,26,28)/b24-11-/t12-/m0/s1. The lowest BCUT2D eigenvalue weighted by Crippen LogP contribution is -2.32. The Morgan fingerprint density at radius 2 is 2.09 bits per heavy atom. The van der Waals surface area contributed by atoms with Crippen LogP contribution in [0.4, 0.5) is 5.00 Å². The molecule has 0 unspecified atom stereocenters. The van der Waals surface area contributed by atoms with Gasteiger partial charge in [0.1, 0.15) is 10.8 Å². The molecule has 2 aromatic rings. The van der Waals surface area contributed by atoms with Crippen LogP contribution in [0.15, 0.2) is 27.8 Å². The summed E-state index contributed by atoms with van der Waals surface area (Å²) in [5, 5.41) is 6.74. The van der Waals surface area contributed by atoms with Crippen LogP contribution in [0, 0.1) is 5.92 Å². The molecule has 1 aliphatic carbocycles. The summed E-state index contributed by atoms with van der Waals surface area (Å²) in [6.07, 6.45) is 3.90. The highest BCUT2D eigenvalue weighted by molar-refractivity contribution is 9.10. The summed E-state index contributed by atoms with van der Waals surface area (Å²) >= 11 is 4.68. The van der Waals surface area contributed by atoms with Crippen molar-refractivity contribution in [1.82, 2.24) is 5.43 Å². The summed E-state index contributed by atoms with van der Waals surface area (Å²) in [5.74, 6) is -1.30. The molecule has 0 bridgehead atoms. The molecule has 3 rings (SSSR count). The van der Waals surface area contributed by atoms with Crippen molar-refractivity contribution in [2.45, 2.75) is 33.1 Å². The molecular formula is C22H24BrN3O5S. The van der Waals surface area contributed by atoms with E-state index < -0.39 is 17.8 Å². The van der Waals surface area contributed by atoms with Gasteiger partial charge in [-0.05, 0) is 55.9 Å². The van der Waals surface area contributed by atoms with Crippen molar-refractivity contribution in [2.24, 2.45) is 11.0 Å². The number of rotatable bonds is 6. The lowest BCUT2D eigenvalue weighted by atomic mass is 9.88. The molecular weight excluding hydrogens is 498 g/mol. The van der Waals surface area contributed by atoms with Gasteiger partial charge in [-0.1, -0.05) is 22.9 Å². The number of halogens is 1. The zero-order chi connectivity index (χ0) is 23.3. The Morgan fingerprint density at radius 3 is 2.81 bits per heavy atom. The van der Waals surface area contributed by atoms with Gasteiger partial charge in [-0.25, -0.2) is 10.2 Å². The van der Waals surface area contributed by atoms with E-state index in [0.717, 1.165) is 34.2 Å². The van der Waals surface area contributed by atoms with Gasteiger partial charge in [0.05, 0.1) is 25.5 Å². The highest BCUT2D eigenvalue weighted by atomic mass is 79.9. The second kappa shape index (κ2) is 10.7. The number of thiophene rings is 1. The number of hydrazone groups is 1. The van der Waals surface area contributed by atoms with Crippen molar-refractivity contribution >= 4 is 56.3 Å². The molecule has 1 aromatic heterocycles. The summed E-state index contributed by atoms with van der Waals surface area (Å²) in [6.45, 7) is 4.10.